The topological polar surface area (TPSA) is 35.6 Å². The summed E-state index contributed by atoms with van der Waals surface area (Å²) in [6, 6.07) is 6.40. The molecule has 1 aromatic carbocycles. The van der Waals surface area contributed by atoms with Gasteiger partial charge in [0.25, 0.3) is 0 Å². The average Bonchev–Trinajstić information content (AvgIpc) is 2.67. The molecule has 2 amide bonds. The van der Waals surface area contributed by atoms with E-state index in [1.54, 1.807) is 0 Å². The number of urea groups is 1. The number of hydrogen-bond acceptors (Lipinski definition) is 2. The maximum absolute atomic E-state index is 12.3. The van der Waals surface area contributed by atoms with Crippen molar-refractivity contribution < 1.29 is 4.79 Å². The molecule has 1 aromatic rings. The minimum absolute atomic E-state index is 0.121. The fraction of sp³-hybridized carbons (Fsp3) is 0.500. The van der Waals surface area contributed by atoms with Gasteiger partial charge >= 0.3 is 6.03 Å². The number of carbonyl (C=O) groups is 1. The number of nitrogens with one attached hydrogen (secondary N) is 1. The van der Waals surface area contributed by atoms with E-state index < -0.39 is 0 Å². The van der Waals surface area contributed by atoms with Crippen molar-refractivity contribution in [1.29, 1.82) is 0 Å². The van der Waals surface area contributed by atoms with Gasteiger partial charge in [-0.05, 0) is 44.2 Å². The van der Waals surface area contributed by atoms with Gasteiger partial charge in [0.1, 0.15) is 0 Å². The smallest absolute Gasteiger partial charge is 0.321 e. The molecule has 4 heteroatoms. The van der Waals surface area contributed by atoms with Crippen molar-refractivity contribution in [2.24, 2.45) is 0 Å². The molecule has 0 saturated carbocycles. The van der Waals surface area contributed by atoms with Gasteiger partial charge in [0.05, 0.1) is 0 Å². The van der Waals surface area contributed by atoms with Crippen molar-refractivity contribution in [1.82, 2.24) is 10.2 Å². The highest BCUT2D eigenvalue weighted by molar-refractivity contribution is 5.94. The van der Waals surface area contributed by atoms with Crippen molar-refractivity contribution >= 4 is 11.7 Å². The van der Waals surface area contributed by atoms with Gasteiger partial charge < -0.3 is 10.2 Å². The van der Waals surface area contributed by atoms with E-state index in [0.29, 0.717) is 0 Å². The first-order chi connectivity index (χ1) is 8.61. The van der Waals surface area contributed by atoms with Crippen molar-refractivity contribution in [2.75, 3.05) is 38.1 Å². The van der Waals surface area contributed by atoms with Crippen LogP contribution in [-0.2, 0) is 0 Å². The number of rotatable bonds is 4. The van der Waals surface area contributed by atoms with E-state index in [1.165, 1.54) is 11.1 Å². The van der Waals surface area contributed by atoms with Gasteiger partial charge in [-0.3, -0.25) is 4.90 Å². The number of hydrogen-bond donors (Lipinski definition) is 1. The van der Waals surface area contributed by atoms with Gasteiger partial charge in [-0.15, -0.1) is 0 Å². The van der Waals surface area contributed by atoms with E-state index in [9.17, 15) is 4.79 Å². The molecule has 1 aliphatic heterocycles. The van der Waals surface area contributed by atoms with Crippen molar-refractivity contribution in [3.8, 4) is 0 Å². The minimum Gasteiger partial charge on any atom is -0.321 e. The number of benzene rings is 1. The number of likely N-dealkylation sites (N-methyl/N-ethyl adjacent to an activating group) is 1. The van der Waals surface area contributed by atoms with Crippen LogP contribution in [0, 0.1) is 13.8 Å². The first-order valence-corrected chi connectivity index (χ1v) is 6.41. The summed E-state index contributed by atoms with van der Waals surface area (Å²) in [5.41, 5.74) is 3.42. The van der Waals surface area contributed by atoms with Crippen LogP contribution in [0.4, 0.5) is 10.5 Å². The Morgan fingerprint density at radius 1 is 1.17 bits per heavy atom. The Bertz CT molecular complexity index is 424. The first-order valence-electron chi connectivity index (χ1n) is 6.41. The summed E-state index contributed by atoms with van der Waals surface area (Å²) in [6.45, 7) is 7.34. The van der Waals surface area contributed by atoms with Crippen LogP contribution in [0.1, 0.15) is 11.1 Å². The second-order valence-electron chi connectivity index (χ2n) is 4.87. The van der Waals surface area contributed by atoms with Crippen LogP contribution in [-0.4, -0.2) is 44.2 Å². The van der Waals surface area contributed by atoms with Crippen LogP contribution in [0.5, 0.6) is 0 Å². The normalized spacial score (nSPS) is 15.6. The maximum atomic E-state index is 12.3. The lowest BCUT2D eigenvalue weighted by Crippen LogP contribution is -2.35. The molecule has 0 aromatic heterocycles. The zero-order chi connectivity index (χ0) is 13.1. The van der Waals surface area contributed by atoms with E-state index in [-0.39, 0.29) is 6.03 Å². The molecule has 98 valence electrons. The Balaban J connectivity index is 2.13. The largest absolute Gasteiger partial charge is 0.324 e. The molecule has 2 rings (SSSR count). The number of aryl methyl sites for hydroxylation is 2. The first kappa shape index (κ1) is 12.9. The van der Waals surface area contributed by atoms with E-state index in [4.69, 9.17) is 0 Å². The number of amides is 2. The van der Waals surface area contributed by atoms with Gasteiger partial charge in [-0.2, -0.15) is 0 Å². The SMILES string of the molecule is CNCCN1CCN(c2cc(C)cc(C)c2)C1=O. The summed E-state index contributed by atoms with van der Waals surface area (Å²) in [7, 11) is 1.90. The molecular weight excluding hydrogens is 226 g/mol. The molecule has 0 aliphatic carbocycles. The summed E-state index contributed by atoms with van der Waals surface area (Å²) in [4.78, 5) is 16.0. The molecule has 1 heterocycles. The van der Waals surface area contributed by atoms with Crippen molar-refractivity contribution in [3.05, 3.63) is 29.3 Å². The Hall–Kier alpha value is -1.55. The van der Waals surface area contributed by atoms with Gasteiger partial charge in [-0.25, -0.2) is 4.79 Å². The second-order valence-corrected chi connectivity index (χ2v) is 4.87. The monoisotopic (exact) mass is 247 g/mol. The van der Waals surface area contributed by atoms with Crippen LogP contribution in [0.15, 0.2) is 18.2 Å². The number of nitrogens with zero attached hydrogens (tertiary/aromatic N) is 2. The zero-order valence-electron chi connectivity index (χ0n) is 11.4. The predicted molar refractivity (Wildman–Crippen MR) is 74.2 cm³/mol. The fourth-order valence-corrected chi connectivity index (χ4v) is 2.38. The Kier molecular flexibility index (Phi) is 3.87. The van der Waals surface area contributed by atoms with Crippen molar-refractivity contribution in [2.45, 2.75) is 13.8 Å². The van der Waals surface area contributed by atoms with Gasteiger partial charge in [0.2, 0.25) is 0 Å². The zero-order valence-corrected chi connectivity index (χ0v) is 11.4. The van der Waals surface area contributed by atoms with Crippen molar-refractivity contribution in [3.63, 3.8) is 0 Å². The lowest BCUT2D eigenvalue weighted by Gasteiger charge is -2.19. The third-order valence-electron chi connectivity index (χ3n) is 3.24. The molecule has 4 nitrogen and oxygen atoms in total. The Morgan fingerprint density at radius 2 is 1.83 bits per heavy atom. The lowest BCUT2D eigenvalue weighted by molar-refractivity contribution is 0.221. The number of anilines is 1. The van der Waals surface area contributed by atoms with Crippen LogP contribution >= 0.6 is 0 Å². The minimum atomic E-state index is 0.121. The number of carbonyl (C=O) groups excluding carboxylic acids is 1. The molecule has 0 radical (unpaired) electrons. The van der Waals surface area contributed by atoms with Gasteiger partial charge in [0, 0.05) is 31.9 Å². The summed E-state index contributed by atoms with van der Waals surface area (Å²) in [6.07, 6.45) is 0. The fourth-order valence-electron chi connectivity index (χ4n) is 2.38. The molecule has 1 N–H and O–H groups in total. The summed E-state index contributed by atoms with van der Waals surface area (Å²) in [5.74, 6) is 0. The van der Waals surface area contributed by atoms with Crippen LogP contribution in [0.25, 0.3) is 0 Å². The lowest BCUT2D eigenvalue weighted by atomic mass is 10.1. The molecule has 1 saturated heterocycles. The summed E-state index contributed by atoms with van der Waals surface area (Å²) < 4.78 is 0. The molecule has 0 unspecified atom stereocenters. The molecule has 1 fully saturated rings. The highest BCUT2D eigenvalue weighted by Crippen LogP contribution is 2.22. The Labute approximate surface area is 109 Å². The maximum Gasteiger partial charge on any atom is 0.324 e. The Morgan fingerprint density at radius 3 is 2.44 bits per heavy atom. The summed E-state index contributed by atoms with van der Waals surface area (Å²) >= 11 is 0. The van der Waals surface area contributed by atoms with Crippen LogP contribution in [0.3, 0.4) is 0 Å². The molecule has 0 spiro atoms. The van der Waals surface area contributed by atoms with Gasteiger partial charge in [-0.1, -0.05) is 6.07 Å². The molecular formula is C14H21N3O. The third-order valence-corrected chi connectivity index (χ3v) is 3.24. The molecule has 18 heavy (non-hydrogen) atoms. The highest BCUT2D eigenvalue weighted by Gasteiger charge is 2.28. The molecule has 0 bridgehead atoms. The van der Waals surface area contributed by atoms with Gasteiger partial charge in [0.15, 0.2) is 0 Å². The molecule has 0 atom stereocenters. The van der Waals surface area contributed by atoms with Crippen LogP contribution in [0.2, 0.25) is 0 Å². The second kappa shape index (κ2) is 5.40. The summed E-state index contributed by atoms with van der Waals surface area (Å²) in [5, 5.41) is 3.08. The van der Waals surface area contributed by atoms with E-state index in [2.05, 4.69) is 37.4 Å². The predicted octanol–water partition coefficient (Wildman–Crippen LogP) is 1.76. The average molecular weight is 247 g/mol. The third kappa shape index (κ3) is 2.64. The van der Waals surface area contributed by atoms with E-state index >= 15 is 0 Å². The van der Waals surface area contributed by atoms with E-state index in [0.717, 1.165) is 31.9 Å². The quantitative estimate of drug-likeness (QED) is 0.880. The van der Waals surface area contributed by atoms with Crippen LogP contribution < -0.4 is 10.2 Å². The standard InChI is InChI=1S/C14H21N3O/c1-11-8-12(2)10-13(9-11)17-7-6-16(14(17)18)5-4-15-3/h8-10,15H,4-7H2,1-3H3. The molecule has 1 aliphatic rings. The van der Waals surface area contributed by atoms with E-state index in [1.807, 2.05) is 16.8 Å². The highest BCUT2D eigenvalue weighted by atomic mass is 16.2.